The van der Waals surface area contributed by atoms with Gasteiger partial charge in [-0.2, -0.15) is 0 Å². The molecule has 0 aromatic rings. The lowest BCUT2D eigenvalue weighted by atomic mass is 10.4. The molecule has 0 atom stereocenters. The molecule has 0 aliphatic carbocycles. The van der Waals surface area contributed by atoms with E-state index in [1.165, 1.54) is 0 Å². The van der Waals surface area contributed by atoms with E-state index in [-0.39, 0.29) is 19.0 Å². The predicted molar refractivity (Wildman–Crippen MR) is 60.1 cm³/mol. The second-order valence-corrected chi connectivity index (χ2v) is 3.94. The van der Waals surface area contributed by atoms with E-state index in [1.807, 2.05) is 0 Å². The molecule has 0 aromatic carbocycles. The van der Waals surface area contributed by atoms with Crippen molar-refractivity contribution in [1.82, 2.24) is 9.80 Å². The second kappa shape index (κ2) is 6.27. The lowest BCUT2D eigenvalue weighted by Crippen LogP contribution is -2.41. The van der Waals surface area contributed by atoms with Crippen molar-refractivity contribution >= 4 is 11.9 Å². The molecule has 1 aliphatic heterocycles. The highest BCUT2D eigenvalue weighted by Crippen LogP contribution is 2.07. The van der Waals surface area contributed by atoms with Gasteiger partial charge in [-0.05, 0) is 12.8 Å². The summed E-state index contributed by atoms with van der Waals surface area (Å²) in [4.78, 5) is 25.7. The van der Waals surface area contributed by atoms with E-state index in [4.69, 9.17) is 5.11 Å². The van der Waals surface area contributed by atoms with Gasteiger partial charge in [-0.25, -0.2) is 0 Å². The number of carboxylic acid groups (broad SMARTS) is 1. The lowest BCUT2D eigenvalue weighted by molar-refractivity contribution is -0.139. The average Bonchev–Trinajstić information content (AvgIpc) is 2.69. The van der Waals surface area contributed by atoms with Gasteiger partial charge in [0.1, 0.15) is 0 Å². The highest BCUT2D eigenvalue weighted by atomic mass is 16.4. The molecule has 1 N–H and O–H groups in total. The van der Waals surface area contributed by atoms with Crippen molar-refractivity contribution in [2.75, 3.05) is 32.7 Å². The van der Waals surface area contributed by atoms with E-state index in [0.29, 0.717) is 6.54 Å². The quantitative estimate of drug-likeness (QED) is 0.656. The van der Waals surface area contributed by atoms with Crippen molar-refractivity contribution in [3.63, 3.8) is 0 Å². The summed E-state index contributed by atoms with van der Waals surface area (Å²) in [5.74, 6) is -0.906. The first-order chi connectivity index (χ1) is 7.63. The summed E-state index contributed by atoms with van der Waals surface area (Å²) < 4.78 is 0. The maximum Gasteiger partial charge on any atom is 0.317 e. The molecule has 1 aliphatic rings. The fourth-order valence-corrected chi connectivity index (χ4v) is 1.82. The Bertz CT molecular complexity index is 272. The first-order valence-electron chi connectivity index (χ1n) is 5.46. The van der Waals surface area contributed by atoms with Gasteiger partial charge >= 0.3 is 5.97 Å². The van der Waals surface area contributed by atoms with Crippen molar-refractivity contribution in [2.45, 2.75) is 12.8 Å². The van der Waals surface area contributed by atoms with Crippen molar-refractivity contribution in [3.8, 4) is 0 Å². The molecule has 0 radical (unpaired) electrons. The number of rotatable bonds is 6. The summed E-state index contributed by atoms with van der Waals surface area (Å²) in [5, 5.41) is 8.69. The van der Waals surface area contributed by atoms with Crippen LogP contribution in [0.15, 0.2) is 12.7 Å². The maximum absolute atomic E-state index is 11.8. The molecule has 1 saturated heterocycles. The van der Waals surface area contributed by atoms with Crippen LogP contribution in [0.2, 0.25) is 0 Å². The molecule has 1 fully saturated rings. The van der Waals surface area contributed by atoms with Gasteiger partial charge in [0.2, 0.25) is 5.91 Å². The molecular formula is C11H18N2O3. The van der Waals surface area contributed by atoms with Gasteiger partial charge in [-0.1, -0.05) is 6.08 Å². The topological polar surface area (TPSA) is 60.9 Å². The number of carbonyl (C=O) groups excluding carboxylic acids is 1. The highest BCUT2D eigenvalue weighted by Gasteiger charge is 2.20. The fraction of sp³-hybridized carbons (Fsp3) is 0.636. The maximum atomic E-state index is 11.8. The zero-order valence-corrected chi connectivity index (χ0v) is 9.39. The minimum absolute atomic E-state index is 0.0144. The summed E-state index contributed by atoms with van der Waals surface area (Å²) in [6, 6.07) is 0. The van der Waals surface area contributed by atoms with Crippen molar-refractivity contribution in [3.05, 3.63) is 12.7 Å². The van der Waals surface area contributed by atoms with E-state index in [1.54, 1.807) is 15.9 Å². The van der Waals surface area contributed by atoms with Gasteiger partial charge in [0.05, 0.1) is 13.1 Å². The number of nitrogens with zero attached hydrogens (tertiary/aromatic N) is 2. The number of hydrogen-bond donors (Lipinski definition) is 1. The first kappa shape index (κ1) is 12.7. The number of carbonyl (C=O) groups is 2. The third-order valence-electron chi connectivity index (χ3n) is 2.56. The average molecular weight is 226 g/mol. The molecule has 0 spiro atoms. The Balaban J connectivity index is 2.42. The standard InChI is InChI=1S/C11H18N2O3/c1-2-5-12(9-11(15)16)8-10(14)13-6-3-4-7-13/h2H,1,3-9H2,(H,15,16). The van der Waals surface area contributed by atoms with Crippen LogP contribution in [0.4, 0.5) is 0 Å². The van der Waals surface area contributed by atoms with E-state index in [2.05, 4.69) is 6.58 Å². The fourth-order valence-electron chi connectivity index (χ4n) is 1.82. The van der Waals surface area contributed by atoms with Gasteiger partial charge in [-0.3, -0.25) is 14.5 Å². The van der Waals surface area contributed by atoms with Crippen LogP contribution in [-0.2, 0) is 9.59 Å². The molecule has 1 rings (SSSR count). The number of aliphatic carboxylic acids is 1. The highest BCUT2D eigenvalue weighted by molar-refractivity contribution is 5.79. The van der Waals surface area contributed by atoms with E-state index >= 15 is 0 Å². The molecule has 1 heterocycles. The minimum atomic E-state index is -0.920. The first-order valence-corrected chi connectivity index (χ1v) is 5.46. The molecule has 90 valence electrons. The van der Waals surface area contributed by atoms with Crippen LogP contribution in [0, 0.1) is 0 Å². The van der Waals surface area contributed by atoms with Crippen molar-refractivity contribution < 1.29 is 14.7 Å². The summed E-state index contributed by atoms with van der Waals surface area (Å²) >= 11 is 0. The number of carboxylic acids is 1. The van der Waals surface area contributed by atoms with Crippen molar-refractivity contribution in [2.24, 2.45) is 0 Å². The van der Waals surface area contributed by atoms with Crippen LogP contribution in [0.25, 0.3) is 0 Å². The number of likely N-dealkylation sites (tertiary alicyclic amines) is 1. The Kier molecular flexibility index (Phi) is 4.98. The Morgan fingerprint density at radius 1 is 1.31 bits per heavy atom. The Hall–Kier alpha value is -1.36. The minimum Gasteiger partial charge on any atom is -0.480 e. The zero-order valence-electron chi connectivity index (χ0n) is 9.39. The van der Waals surface area contributed by atoms with E-state index < -0.39 is 5.97 Å². The van der Waals surface area contributed by atoms with Gasteiger partial charge in [0.15, 0.2) is 0 Å². The predicted octanol–water partition coefficient (Wildman–Crippen LogP) is 0.181. The molecule has 0 unspecified atom stereocenters. The van der Waals surface area contributed by atoms with Gasteiger partial charge in [-0.15, -0.1) is 6.58 Å². The zero-order chi connectivity index (χ0) is 12.0. The molecule has 0 bridgehead atoms. The summed E-state index contributed by atoms with van der Waals surface area (Å²) in [5.41, 5.74) is 0. The van der Waals surface area contributed by atoms with Gasteiger partial charge in [0, 0.05) is 19.6 Å². The Morgan fingerprint density at radius 2 is 1.94 bits per heavy atom. The van der Waals surface area contributed by atoms with Crippen LogP contribution in [0.1, 0.15) is 12.8 Å². The smallest absolute Gasteiger partial charge is 0.317 e. The molecule has 5 nitrogen and oxygen atoms in total. The normalized spacial score (nSPS) is 15.4. The lowest BCUT2D eigenvalue weighted by Gasteiger charge is -2.22. The van der Waals surface area contributed by atoms with Crippen LogP contribution >= 0.6 is 0 Å². The Morgan fingerprint density at radius 3 is 2.44 bits per heavy atom. The SMILES string of the molecule is C=CCN(CC(=O)O)CC(=O)N1CCCC1. The third kappa shape index (κ3) is 4.02. The molecule has 5 heteroatoms. The van der Waals surface area contributed by atoms with Crippen molar-refractivity contribution in [1.29, 1.82) is 0 Å². The molecule has 16 heavy (non-hydrogen) atoms. The van der Waals surface area contributed by atoms with Gasteiger partial charge in [0.25, 0.3) is 0 Å². The summed E-state index contributed by atoms with van der Waals surface area (Å²) in [6.45, 7) is 5.62. The molecule has 0 aromatic heterocycles. The van der Waals surface area contributed by atoms with E-state index in [9.17, 15) is 9.59 Å². The number of hydrogen-bond acceptors (Lipinski definition) is 3. The van der Waals surface area contributed by atoms with Crippen LogP contribution < -0.4 is 0 Å². The van der Waals surface area contributed by atoms with Crippen LogP contribution in [0.3, 0.4) is 0 Å². The molecule has 1 amide bonds. The largest absolute Gasteiger partial charge is 0.480 e. The van der Waals surface area contributed by atoms with Gasteiger partial charge < -0.3 is 10.0 Å². The summed E-state index contributed by atoms with van der Waals surface area (Å²) in [6.07, 6.45) is 3.71. The Labute approximate surface area is 95.3 Å². The summed E-state index contributed by atoms with van der Waals surface area (Å²) in [7, 11) is 0. The monoisotopic (exact) mass is 226 g/mol. The van der Waals surface area contributed by atoms with E-state index in [0.717, 1.165) is 25.9 Å². The third-order valence-corrected chi connectivity index (χ3v) is 2.56. The number of amides is 1. The van der Waals surface area contributed by atoms with Crippen LogP contribution in [-0.4, -0.2) is 59.5 Å². The second-order valence-electron chi connectivity index (χ2n) is 3.94. The van der Waals surface area contributed by atoms with Crippen LogP contribution in [0.5, 0.6) is 0 Å². The molecule has 0 saturated carbocycles. The molecular weight excluding hydrogens is 208 g/mol.